The van der Waals surface area contributed by atoms with Gasteiger partial charge in [-0.15, -0.1) is 0 Å². The van der Waals surface area contributed by atoms with Crippen LogP contribution in [0, 0.1) is 0 Å². The summed E-state index contributed by atoms with van der Waals surface area (Å²) in [5.74, 6) is 0.621. The molecule has 230 valence electrons. The van der Waals surface area contributed by atoms with E-state index in [0.717, 1.165) is 88.3 Å². The van der Waals surface area contributed by atoms with E-state index in [2.05, 4.69) is 132 Å². The van der Waals surface area contributed by atoms with E-state index in [-0.39, 0.29) is 0 Å². The van der Waals surface area contributed by atoms with Gasteiger partial charge in [0.25, 0.3) is 0 Å². The SMILES string of the molecule is c1ccc(-c2nc3ccc4ccc5ccc(N(c6ccccc6)c6ccccc6-c6cccc7c6oc6ccccc67)cc5c4c3o2)cc1. The summed E-state index contributed by atoms with van der Waals surface area (Å²) in [6.07, 6.45) is 0. The zero-order valence-corrected chi connectivity index (χ0v) is 26.4. The van der Waals surface area contributed by atoms with E-state index >= 15 is 0 Å². The number of oxazole rings is 1. The van der Waals surface area contributed by atoms with Crippen molar-refractivity contribution >= 4 is 71.6 Å². The van der Waals surface area contributed by atoms with Gasteiger partial charge in [0.15, 0.2) is 5.58 Å². The van der Waals surface area contributed by atoms with Crippen molar-refractivity contribution < 1.29 is 8.83 Å². The fraction of sp³-hybridized carbons (Fsp3) is 0. The lowest BCUT2D eigenvalue weighted by Crippen LogP contribution is -2.11. The fourth-order valence-corrected chi connectivity index (χ4v) is 7.21. The van der Waals surface area contributed by atoms with Gasteiger partial charge in [-0.3, -0.25) is 0 Å². The lowest BCUT2D eigenvalue weighted by atomic mass is 9.98. The van der Waals surface area contributed by atoms with Crippen LogP contribution < -0.4 is 4.90 Å². The Morgan fingerprint density at radius 2 is 1.14 bits per heavy atom. The molecule has 0 atom stereocenters. The Hall–Kier alpha value is -6.65. The minimum atomic E-state index is 0.621. The van der Waals surface area contributed by atoms with Gasteiger partial charge in [0.1, 0.15) is 16.7 Å². The zero-order valence-electron chi connectivity index (χ0n) is 26.4. The Bertz CT molecular complexity index is 2830. The summed E-state index contributed by atoms with van der Waals surface area (Å²) in [4.78, 5) is 7.23. The topological polar surface area (TPSA) is 42.4 Å². The number of rotatable bonds is 5. The Morgan fingerprint density at radius 1 is 0.449 bits per heavy atom. The van der Waals surface area contributed by atoms with Gasteiger partial charge in [0.2, 0.25) is 5.89 Å². The molecule has 0 saturated carbocycles. The van der Waals surface area contributed by atoms with Crippen molar-refractivity contribution in [3.8, 4) is 22.6 Å². The molecule has 0 N–H and O–H groups in total. The number of para-hydroxylation sites is 4. The molecule has 10 rings (SSSR count). The standard InChI is InChI=1S/C45H28N2O2/c1-3-12-31(13-4-1)45-46-39-27-25-30-23-22-29-24-26-33(28-38(29)42(30)44(39)49-45)47(32-14-5-2-6-15-32)40-20-9-7-16-34(40)36-18-11-19-37-35-17-8-10-21-41(35)48-43(36)37/h1-28H. The van der Waals surface area contributed by atoms with Crippen LogP contribution in [0.2, 0.25) is 0 Å². The van der Waals surface area contributed by atoms with Gasteiger partial charge in [-0.05, 0) is 70.8 Å². The molecule has 0 amide bonds. The first-order valence-electron chi connectivity index (χ1n) is 16.5. The van der Waals surface area contributed by atoms with E-state index < -0.39 is 0 Å². The molecule has 4 nitrogen and oxygen atoms in total. The summed E-state index contributed by atoms with van der Waals surface area (Å²) >= 11 is 0. The number of benzene rings is 8. The number of hydrogen-bond acceptors (Lipinski definition) is 4. The lowest BCUT2D eigenvalue weighted by molar-refractivity contribution is 0.623. The Labute approximate surface area is 282 Å². The van der Waals surface area contributed by atoms with Crippen LogP contribution in [0.3, 0.4) is 0 Å². The Balaban J connectivity index is 1.22. The van der Waals surface area contributed by atoms with Crippen molar-refractivity contribution in [2.45, 2.75) is 0 Å². The summed E-state index contributed by atoms with van der Waals surface area (Å²) in [7, 11) is 0. The van der Waals surface area contributed by atoms with Crippen LogP contribution in [-0.2, 0) is 0 Å². The van der Waals surface area contributed by atoms with E-state index in [1.54, 1.807) is 0 Å². The van der Waals surface area contributed by atoms with Gasteiger partial charge in [-0.2, -0.15) is 0 Å². The van der Waals surface area contributed by atoms with Crippen LogP contribution in [0.4, 0.5) is 17.1 Å². The highest BCUT2D eigenvalue weighted by Crippen LogP contribution is 2.45. The number of fused-ring (bicyclic) bond motifs is 8. The highest BCUT2D eigenvalue weighted by Gasteiger charge is 2.21. The Morgan fingerprint density at radius 3 is 2.04 bits per heavy atom. The maximum Gasteiger partial charge on any atom is 0.227 e. The average molecular weight is 629 g/mol. The first-order chi connectivity index (χ1) is 24.3. The molecule has 8 aromatic carbocycles. The maximum absolute atomic E-state index is 6.55. The number of nitrogens with zero attached hydrogens (tertiary/aromatic N) is 2. The van der Waals surface area contributed by atoms with Crippen LogP contribution in [0.1, 0.15) is 0 Å². The smallest absolute Gasteiger partial charge is 0.227 e. The molecule has 0 saturated heterocycles. The van der Waals surface area contributed by atoms with Gasteiger partial charge in [0, 0.05) is 44.2 Å². The van der Waals surface area contributed by atoms with E-state index in [1.165, 1.54) is 0 Å². The molecule has 0 spiro atoms. The molecule has 0 aliphatic carbocycles. The average Bonchev–Trinajstić information content (AvgIpc) is 3.78. The molecule has 0 unspecified atom stereocenters. The molecule has 49 heavy (non-hydrogen) atoms. The summed E-state index contributed by atoms with van der Waals surface area (Å²) in [5.41, 5.74) is 9.64. The predicted molar refractivity (Wildman–Crippen MR) is 202 cm³/mol. The van der Waals surface area contributed by atoms with Crippen molar-refractivity contribution in [1.82, 2.24) is 4.98 Å². The minimum Gasteiger partial charge on any atom is -0.455 e. The normalized spacial score (nSPS) is 11.7. The zero-order chi connectivity index (χ0) is 32.3. The second-order valence-electron chi connectivity index (χ2n) is 12.3. The first-order valence-corrected chi connectivity index (χ1v) is 16.5. The van der Waals surface area contributed by atoms with E-state index in [1.807, 2.05) is 42.5 Å². The van der Waals surface area contributed by atoms with Gasteiger partial charge >= 0.3 is 0 Å². The van der Waals surface area contributed by atoms with Crippen LogP contribution >= 0.6 is 0 Å². The number of anilines is 3. The summed E-state index contributed by atoms with van der Waals surface area (Å²) in [6.45, 7) is 0. The second kappa shape index (κ2) is 11.0. The molecule has 0 radical (unpaired) electrons. The fourth-order valence-electron chi connectivity index (χ4n) is 7.21. The third-order valence-corrected chi connectivity index (χ3v) is 9.47. The van der Waals surface area contributed by atoms with Crippen molar-refractivity contribution in [3.05, 3.63) is 170 Å². The summed E-state index contributed by atoms with van der Waals surface area (Å²) in [5, 5.41) is 6.63. The van der Waals surface area contributed by atoms with Crippen LogP contribution in [0.5, 0.6) is 0 Å². The minimum absolute atomic E-state index is 0.621. The second-order valence-corrected chi connectivity index (χ2v) is 12.3. The van der Waals surface area contributed by atoms with Gasteiger partial charge in [0.05, 0.1) is 5.69 Å². The molecule has 4 heteroatoms. The van der Waals surface area contributed by atoms with Crippen molar-refractivity contribution in [3.63, 3.8) is 0 Å². The number of aromatic nitrogens is 1. The molecule has 0 bridgehead atoms. The molecule has 10 aromatic rings. The van der Waals surface area contributed by atoms with E-state index in [9.17, 15) is 0 Å². The third kappa shape index (κ3) is 4.42. The Kier molecular flexibility index (Phi) is 6.15. The number of hydrogen-bond donors (Lipinski definition) is 0. The molecule has 2 heterocycles. The van der Waals surface area contributed by atoms with Gasteiger partial charge in [-0.1, -0.05) is 115 Å². The van der Waals surface area contributed by atoms with Crippen molar-refractivity contribution in [1.29, 1.82) is 0 Å². The molecule has 0 fully saturated rings. The van der Waals surface area contributed by atoms with E-state index in [0.29, 0.717) is 5.89 Å². The quantitative estimate of drug-likeness (QED) is 0.178. The predicted octanol–water partition coefficient (Wildman–Crippen LogP) is 12.8. The molecule has 0 aliphatic rings. The monoisotopic (exact) mass is 628 g/mol. The first kappa shape index (κ1) is 27.5. The van der Waals surface area contributed by atoms with Gasteiger partial charge < -0.3 is 13.7 Å². The maximum atomic E-state index is 6.55. The van der Waals surface area contributed by atoms with Crippen molar-refractivity contribution in [2.24, 2.45) is 0 Å². The van der Waals surface area contributed by atoms with Crippen LogP contribution in [0.25, 0.3) is 77.2 Å². The van der Waals surface area contributed by atoms with Crippen LogP contribution in [0.15, 0.2) is 179 Å². The molecular weight excluding hydrogens is 601 g/mol. The highest BCUT2D eigenvalue weighted by atomic mass is 16.3. The van der Waals surface area contributed by atoms with E-state index in [4.69, 9.17) is 13.8 Å². The summed E-state index contributed by atoms with van der Waals surface area (Å²) < 4.78 is 13.1. The lowest BCUT2D eigenvalue weighted by Gasteiger charge is -2.28. The van der Waals surface area contributed by atoms with Crippen molar-refractivity contribution in [2.75, 3.05) is 4.90 Å². The highest BCUT2D eigenvalue weighted by molar-refractivity contribution is 6.19. The van der Waals surface area contributed by atoms with Crippen LogP contribution in [-0.4, -0.2) is 4.98 Å². The molecule has 2 aromatic heterocycles. The number of furan rings is 1. The largest absolute Gasteiger partial charge is 0.455 e. The third-order valence-electron chi connectivity index (χ3n) is 9.47. The molecule has 0 aliphatic heterocycles. The summed E-state index contributed by atoms with van der Waals surface area (Å²) in [6, 6.07) is 59.1. The molecular formula is C45H28N2O2. The van der Waals surface area contributed by atoms with Gasteiger partial charge in [-0.25, -0.2) is 4.98 Å².